The second-order valence-electron chi connectivity index (χ2n) is 2.76. The van der Waals surface area contributed by atoms with E-state index in [1.54, 1.807) is 36.9 Å². The molecule has 2 heterocycles. The molecule has 0 unspecified atom stereocenters. The number of aromatic nitrogens is 3. The van der Waals surface area contributed by atoms with Crippen molar-refractivity contribution in [1.29, 1.82) is 0 Å². The minimum atomic E-state index is 0.614. The molecule has 0 spiro atoms. The lowest BCUT2D eigenvalue weighted by molar-refractivity contribution is 0.926. The van der Waals surface area contributed by atoms with E-state index < -0.39 is 0 Å². The van der Waals surface area contributed by atoms with E-state index in [1.807, 2.05) is 12.1 Å². The number of nitrogens with zero attached hydrogens (tertiary/aromatic N) is 4. The smallest absolute Gasteiger partial charge is 0.168 e. The van der Waals surface area contributed by atoms with Crippen LogP contribution < -0.4 is 5.49 Å². The van der Waals surface area contributed by atoms with Crippen LogP contribution in [0.25, 0.3) is 0 Å². The Labute approximate surface area is 86.2 Å². The van der Waals surface area contributed by atoms with Gasteiger partial charge in [0.25, 0.3) is 0 Å². The zero-order valence-corrected chi connectivity index (χ0v) is 7.91. The predicted octanol–water partition coefficient (Wildman–Crippen LogP) is 0.740. The average Bonchev–Trinajstić information content (AvgIpc) is 2.32. The van der Waals surface area contributed by atoms with Gasteiger partial charge in [-0.2, -0.15) is 10.2 Å². The molecule has 0 aromatic carbocycles. The van der Waals surface area contributed by atoms with E-state index >= 15 is 0 Å². The van der Waals surface area contributed by atoms with Crippen molar-refractivity contribution in [3.05, 3.63) is 53.9 Å². The molecule has 0 aliphatic heterocycles. The zero-order valence-electron chi connectivity index (χ0n) is 7.91. The van der Waals surface area contributed by atoms with Crippen LogP contribution in [0.2, 0.25) is 0 Å². The molecule has 2 aromatic heterocycles. The highest BCUT2D eigenvalue weighted by molar-refractivity contribution is 5.78. The lowest BCUT2D eigenvalue weighted by Crippen LogP contribution is -2.05. The summed E-state index contributed by atoms with van der Waals surface area (Å²) >= 11 is 0. The Bertz CT molecular complexity index is 483. The molecule has 74 valence electrons. The molecule has 5 nitrogen and oxygen atoms in total. The molecule has 0 atom stereocenters. The first kappa shape index (κ1) is 9.26. The number of H-pyrrole nitrogens is 1. The van der Waals surface area contributed by atoms with Crippen LogP contribution in [0.3, 0.4) is 0 Å². The summed E-state index contributed by atoms with van der Waals surface area (Å²) < 4.78 is 0. The number of pyridine rings is 1. The van der Waals surface area contributed by atoms with Crippen LogP contribution in [0.15, 0.2) is 53.1 Å². The first-order valence-electron chi connectivity index (χ1n) is 4.42. The van der Waals surface area contributed by atoms with Gasteiger partial charge in [-0.15, -0.1) is 5.10 Å². The molecule has 0 saturated heterocycles. The van der Waals surface area contributed by atoms with Crippen molar-refractivity contribution < 1.29 is 0 Å². The number of hydrogen-bond acceptors (Lipinski definition) is 4. The van der Waals surface area contributed by atoms with Crippen LogP contribution in [0.4, 0.5) is 0 Å². The molecule has 0 saturated carbocycles. The van der Waals surface area contributed by atoms with Gasteiger partial charge in [-0.05, 0) is 29.8 Å². The largest absolute Gasteiger partial charge is 0.265 e. The topological polar surface area (TPSA) is 66.3 Å². The van der Waals surface area contributed by atoms with E-state index in [0.29, 0.717) is 5.49 Å². The third-order valence-corrected chi connectivity index (χ3v) is 1.67. The minimum Gasteiger partial charge on any atom is -0.265 e. The lowest BCUT2D eigenvalue weighted by Gasteiger charge is -1.87. The molecule has 2 aromatic rings. The van der Waals surface area contributed by atoms with Crippen molar-refractivity contribution in [3.8, 4) is 0 Å². The van der Waals surface area contributed by atoms with Gasteiger partial charge in [0.05, 0.1) is 6.21 Å². The number of rotatable bonds is 2. The number of hydrogen-bond donors (Lipinski definition) is 1. The van der Waals surface area contributed by atoms with E-state index in [9.17, 15) is 0 Å². The standard InChI is InChI=1S/C10H9N5/c1-2-10(14-12-5-1)15-13-8-9-3-6-11-7-4-9/h1-8H,(H,14,15). The highest BCUT2D eigenvalue weighted by Gasteiger charge is 1.82. The highest BCUT2D eigenvalue weighted by atomic mass is 15.2. The van der Waals surface area contributed by atoms with E-state index in [2.05, 4.69) is 25.4 Å². The fourth-order valence-corrected chi connectivity index (χ4v) is 0.981. The van der Waals surface area contributed by atoms with Crippen molar-refractivity contribution in [3.63, 3.8) is 0 Å². The Morgan fingerprint density at radius 2 is 2.00 bits per heavy atom. The van der Waals surface area contributed by atoms with Crippen molar-refractivity contribution in [2.45, 2.75) is 0 Å². The van der Waals surface area contributed by atoms with Gasteiger partial charge in [0.15, 0.2) is 5.49 Å². The molecule has 0 amide bonds. The first-order valence-corrected chi connectivity index (χ1v) is 4.42. The molecular formula is C10H9N5. The van der Waals surface area contributed by atoms with Crippen molar-refractivity contribution >= 4 is 6.21 Å². The molecule has 2 rings (SSSR count). The third kappa shape index (κ3) is 2.84. The molecule has 0 bridgehead atoms. The van der Waals surface area contributed by atoms with E-state index in [1.165, 1.54) is 0 Å². The highest BCUT2D eigenvalue weighted by Crippen LogP contribution is 1.90. The molecule has 1 N–H and O–H groups in total. The lowest BCUT2D eigenvalue weighted by atomic mass is 10.3. The summed E-state index contributed by atoms with van der Waals surface area (Å²) in [6, 6.07) is 7.28. The van der Waals surface area contributed by atoms with Gasteiger partial charge in [0.1, 0.15) is 0 Å². The molecule has 0 radical (unpaired) electrons. The molecule has 15 heavy (non-hydrogen) atoms. The summed E-state index contributed by atoms with van der Waals surface area (Å²) in [5.41, 5.74) is 1.57. The Kier molecular flexibility index (Phi) is 2.97. The number of nitrogens with one attached hydrogen (secondary N) is 1. The van der Waals surface area contributed by atoms with Crippen LogP contribution in [-0.2, 0) is 0 Å². The van der Waals surface area contributed by atoms with Gasteiger partial charge in [0, 0.05) is 18.6 Å². The Morgan fingerprint density at radius 3 is 2.73 bits per heavy atom. The molecule has 0 aliphatic carbocycles. The summed E-state index contributed by atoms with van der Waals surface area (Å²) in [5.74, 6) is 0. The maximum absolute atomic E-state index is 3.93. The summed E-state index contributed by atoms with van der Waals surface area (Å²) in [6.07, 6.45) is 6.71. The SMILES string of the molecule is C(=NN=c1cccn[nH]1)c1ccncc1. The second kappa shape index (κ2) is 4.80. The van der Waals surface area contributed by atoms with Crippen LogP contribution >= 0.6 is 0 Å². The minimum absolute atomic E-state index is 0.614. The summed E-state index contributed by atoms with van der Waals surface area (Å²) in [5, 5.41) is 14.4. The monoisotopic (exact) mass is 199 g/mol. The van der Waals surface area contributed by atoms with E-state index in [0.717, 1.165) is 5.56 Å². The molecule has 0 fully saturated rings. The zero-order chi connectivity index (χ0) is 10.3. The van der Waals surface area contributed by atoms with Gasteiger partial charge in [0.2, 0.25) is 0 Å². The van der Waals surface area contributed by atoms with Crippen molar-refractivity contribution in [2.75, 3.05) is 0 Å². The van der Waals surface area contributed by atoms with Crippen LogP contribution in [0.1, 0.15) is 5.56 Å². The van der Waals surface area contributed by atoms with E-state index in [4.69, 9.17) is 0 Å². The normalized spacial score (nSPS) is 12.1. The molecule has 0 aliphatic rings. The maximum Gasteiger partial charge on any atom is 0.168 e. The van der Waals surface area contributed by atoms with Gasteiger partial charge in [-0.1, -0.05) is 0 Å². The van der Waals surface area contributed by atoms with Crippen LogP contribution in [-0.4, -0.2) is 21.4 Å². The fraction of sp³-hybridized carbons (Fsp3) is 0. The molecular weight excluding hydrogens is 190 g/mol. The Hall–Kier alpha value is -2.30. The van der Waals surface area contributed by atoms with E-state index in [-0.39, 0.29) is 0 Å². The summed E-state index contributed by atoms with van der Waals surface area (Å²) in [6.45, 7) is 0. The number of aromatic amines is 1. The molecule has 5 heteroatoms. The first-order chi connectivity index (χ1) is 7.45. The van der Waals surface area contributed by atoms with Gasteiger partial charge >= 0.3 is 0 Å². The van der Waals surface area contributed by atoms with Gasteiger partial charge in [-0.25, -0.2) is 0 Å². The maximum atomic E-state index is 3.93. The Morgan fingerprint density at radius 1 is 1.13 bits per heavy atom. The summed E-state index contributed by atoms with van der Waals surface area (Å²) in [4.78, 5) is 3.90. The van der Waals surface area contributed by atoms with Gasteiger partial charge < -0.3 is 0 Å². The second-order valence-corrected chi connectivity index (χ2v) is 2.76. The van der Waals surface area contributed by atoms with Gasteiger partial charge in [-0.3, -0.25) is 10.1 Å². The fourth-order valence-electron chi connectivity index (χ4n) is 0.981. The predicted molar refractivity (Wildman–Crippen MR) is 56.0 cm³/mol. The average molecular weight is 199 g/mol. The summed E-state index contributed by atoms with van der Waals surface area (Å²) in [7, 11) is 0. The third-order valence-electron chi connectivity index (χ3n) is 1.67. The van der Waals surface area contributed by atoms with Crippen molar-refractivity contribution in [1.82, 2.24) is 15.2 Å². The van der Waals surface area contributed by atoms with Crippen LogP contribution in [0, 0.1) is 0 Å². The Balaban J connectivity index is 2.15. The van der Waals surface area contributed by atoms with Crippen molar-refractivity contribution in [2.24, 2.45) is 10.2 Å². The quantitative estimate of drug-likeness (QED) is 0.572. The van der Waals surface area contributed by atoms with Crippen LogP contribution in [0.5, 0.6) is 0 Å².